The number of fused-ring (bicyclic) bond motifs is 1. The summed E-state index contributed by atoms with van der Waals surface area (Å²) in [7, 11) is 1.43. The standard InChI is InChI=1S/C30H36N4O5S/c1-18(39-30(38)31-2)27(36)33-26(19-9-4-3-5-10-19)29(37)34-16-8-13-24(34)28-32-23(17-40-28)21-14-15-25(35)22-12-7-6-11-20(21)22/h6-7,11-12,14-15,17-19,24,26,35H,3-5,8-10,13,16H2,1-2H3,(H,31,38)(H,33,36)/t18?,24-,26?/m0/s1. The van der Waals surface area contributed by atoms with Gasteiger partial charge in [0.05, 0.1) is 11.7 Å². The van der Waals surface area contributed by atoms with Crippen LogP contribution in [-0.4, -0.2) is 58.6 Å². The maximum atomic E-state index is 14.1. The number of hydrogen-bond acceptors (Lipinski definition) is 7. The van der Waals surface area contributed by atoms with E-state index in [1.54, 1.807) is 6.07 Å². The number of nitrogens with one attached hydrogen (secondary N) is 2. The van der Waals surface area contributed by atoms with Crippen LogP contribution in [0.4, 0.5) is 4.79 Å². The third-order valence-corrected chi connectivity index (χ3v) is 9.01. The lowest BCUT2D eigenvalue weighted by atomic mass is 9.83. The Labute approximate surface area is 237 Å². The molecule has 0 radical (unpaired) electrons. The van der Waals surface area contributed by atoms with Gasteiger partial charge in [0.2, 0.25) is 5.91 Å². The number of thiazole rings is 1. The van der Waals surface area contributed by atoms with E-state index in [1.807, 2.05) is 40.6 Å². The highest BCUT2D eigenvalue weighted by Crippen LogP contribution is 2.39. The van der Waals surface area contributed by atoms with Gasteiger partial charge in [-0.2, -0.15) is 0 Å². The van der Waals surface area contributed by atoms with E-state index in [0.29, 0.717) is 6.54 Å². The minimum absolute atomic E-state index is 0.0360. The quantitative estimate of drug-likeness (QED) is 0.365. The van der Waals surface area contributed by atoms with Crippen molar-refractivity contribution >= 4 is 40.0 Å². The van der Waals surface area contributed by atoms with Crippen molar-refractivity contribution in [3.63, 3.8) is 0 Å². The van der Waals surface area contributed by atoms with Gasteiger partial charge in [-0.1, -0.05) is 43.5 Å². The van der Waals surface area contributed by atoms with Crippen LogP contribution in [0.25, 0.3) is 22.0 Å². The minimum atomic E-state index is -1.02. The molecular weight excluding hydrogens is 528 g/mol. The van der Waals surface area contributed by atoms with Gasteiger partial charge in [0.15, 0.2) is 6.10 Å². The number of carbonyl (C=O) groups excluding carboxylic acids is 3. The SMILES string of the molecule is CNC(=O)OC(C)C(=O)NC(C(=O)N1CCC[C@H]1c1nc(-c2ccc(O)c3ccccc23)cs1)C1CCCCC1. The van der Waals surface area contributed by atoms with E-state index in [4.69, 9.17) is 9.72 Å². The van der Waals surface area contributed by atoms with Gasteiger partial charge in [0.25, 0.3) is 5.91 Å². The number of benzene rings is 2. The fourth-order valence-electron chi connectivity index (χ4n) is 5.93. The van der Waals surface area contributed by atoms with E-state index in [2.05, 4.69) is 10.6 Å². The normalized spacial score (nSPS) is 19.2. The van der Waals surface area contributed by atoms with Crippen LogP contribution >= 0.6 is 11.3 Å². The summed E-state index contributed by atoms with van der Waals surface area (Å²) in [6, 6.07) is 10.4. The first-order valence-electron chi connectivity index (χ1n) is 14.0. The highest BCUT2D eigenvalue weighted by atomic mass is 32.1. The molecule has 0 spiro atoms. The zero-order valence-corrected chi connectivity index (χ0v) is 23.7. The number of likely N-dealkylation sites (tertiary alicyclic amines) is 1. The van der Waals surface area contributed by atoms with Gasteiger partial charge in [0.1, 0.15) is 16.8 Å². The molecule has 1 aliphatic heterocycles. The van der Waals surface area contributed by atoms with Crippen molar-refractivity contribution in [2.24, 2.45) is 5.92 Å². The highest BCUT2D eigenvalue weighted by molar-refractivity contribution is 7.10. The van der Waals surface area contributed by atoms with E-state index in [9.17, 15) is 19.5 Å². The number of alkyl carbamates (subject to hydrolysis) is 1. The Morgan fingerprint density at radius 1 is 1.05 bits per heavy atom. The fourth-order valence-corrected chi connectivity index (χ4v) is 6.89. The predicted octanol–water partition coefficient (Wildman–Crippen LogP) is 5.14. The van der Waals surface area contributed by atoms with E-state index >= 15 is 0 Å². The second-order valence-corrected chi connectivity index (χ2v) is 11.5. The Balaban J connectivity index is 1.38. The molecular formula is C30H36N4O5S. The molecule has 1 saturated heterocycles. The number of aromatic nitrogens is 1. The third kappa shape index (κ3) is 5.77. The minimum Gasteiger partial charge on any atom is -0.507 e. The molecule has 3 atom stereocenters. The number of rotatable bonds is 7. The molecule has 3 N–H and O–H groups in total. The van der Waals surface area contributed by atoms with E-state index in [0.717, 1.165) is 72.0 Å². The lowest BCUT2D eigenvalue weighted by Gasteiger charge is -2.35. The molecule has 212 valence electrons. The molecule has 3 amide bonds. The summed E-state index contributed by atoms with van der Waals surface area (Å²) in [5, 5.41) is 20.2. The molecule has 40 heavy (non-hydrogen) atoms. The lowest BCUT2D eigenvalue weighted by molar-refractivity contribution is -0.141. The van der Waals surface area contributed by atoms with Gasteiger partial charge in [-0.15, -0.1) is 11.3 Å². The van der Waals surface area contributed by atoms with Gasteiger partial charge >= 0.3 is 6.09 Å². The summed E-state index contributed by atoms with van der Waals surface area (Å²) >= 11 is 1.53. The van der Waals surface area contributed by atoms with Gasteiger partial charge in [-0.05, 0) is 56.0 Å². The van der Waals surface area contributed by atoms with Crippen molar-refractivity contribution in [3.05, 3.63) is 46.8 Å². The number of phenols is 1. The zero-order chi connectivity index (χ0) is 28.2. The molecule has 1 saturated carbocycles. The maximum absolute atomic E-state index is 14.1. The first-order chi connectivity index (χ1) is 19.4. The molecule has 2 fully saturated rings. The number of ether oxygens (including phenoxy) is 1. The molecule has 1 aromatic heterocycles. The molecule has 10 heteroatoms. The Bertz CT molecular complexity index is 1390. The summed E-state index contributed by atoms with van der Waals surface area (Å²) in [6.07, 6.45) is 4.86. The van der Waals surface area contributed by atoms with Crippen molar-refractivity contribution in [1.82, 2.24) is 20.5 Å². The summed E-state index contributed by atoms with van der Waals surface area (Å²) in [5.41, 5.74) is 1.75. The molecule has 3 aromatic rings. The number of nitrogens with zero attached hydrogens (tertiary/aromatic N) is 2. The van der Waals surface area contributed by atoms with Crippen LogP contribution in [-0.2, 0) is 14.3 Å². The van der Waals surface area contributed by atoms with E-state index in [-0.39, 0.29) is 23.6 Å². The number of phenolic OH excluding ortho intramolecular Hbond substituents is 1. The first-order valence-corrected chi connectivity index (χ1v) is 14.9. The molecule has 0 bridgehead atoms. The van der Waals surface area contributed by atoms with Crippen molar-refractivity contribution in [3.8, 4) is 17.0 Å². The van der Waals surface area contributed by atoms with Crippen LogP contribution in [0.3, 0.4) is 0 Å². The molecule has 1 aliphatic carbocycles. The zero-order valence-electron chi connectivity index (χ0n) is 22.9. The predicted molar refractivity (Wildman–Crippen MR) is 154 cm³/mol. The average molecular weight is 565 g/mol. The van der Waals surface area contributed by atoms with E-state index in [1.165, 1.54) is 25.3 Å². The second-order valence-electron chi connectivity index (χ2n) is 10.6. The summed E-state index contributed by atoms with van der Waals surface area (Å²) in [6.45, 7) is 2.11. The van der Waals surface area contributed by atoms with Crippen LogP contribution in [0.5, 0.6) is 5.75 Å². The number of hydrogen-bond donors (Lipinski definition) is 3. The van der Waals surface area contributed by atoms with Crippen LogP contribution in [0, 0.1) is 5.92 Å². The molecule has 9 nitrogen and oxygen atoms in total. The number of aromatic hydroxyl groups is 1. The molecule has 2 aromatic carbocycles. The average Bonchev–Trinajstić information content (AvgIpc) is 3.66. The first kappa shape index (κ1) is 27.9. The Morgan fingerprint density at radius 2 is 1.80 bits per heavy atom. The van der Waals surface area contributed by atoms with Crippen molar-refractivity contribution in [1.29, 1.82) is 0 Å². The van der Waals surface area contributed by atoms with Crippen molar-refractivity contribution in [2.75, 3.05) is 13.6 Å². The number of amides is 3. The largest absolute Gasteiger partial charge is 0.507 e. The third-order valence-electron chi connectivity index (χ3n) is 8.06. The Morgan fingerprint density at radius 3 is 2.55 bits per heavy atom. The van der Waals surface area contributed by atoms with Crippen LogP contribution in [0.1, 0.15) is 62.9 Å². The van der Waals surface area contributed by atoms with Gasteiger partial charge in [-0.25, -0.2) is 9.78 Å². The Hall–Kier alpha value is -3.66. The summed E-state index contributed by atoms with van der Waals surface area (Å²) < 4.78 is 5.12. The van der Waals surface area contributed by atoms with Gasteiger partial charge < -0.3 is 25.4 Å². The fraction of sp³-hybridized carbons (Fsp3) is 0.467. The van der Waals surface area contributed by atoms with Crippen molar-refractivity contribution in [2.45, 2.75) is 70.1 Å². The van der Waals surface area contributed by atoms with Gasteiger partial charge in [-0.3, -0.25) is 9.59 Å². The molecule has 2 aliphatic rings. The topological polar surface area (TPSA) is 121 Å². The number of carbonyl (C=O) groups is 3. The molecule has 2 heterocycles. The smallest absolute Gasteiger partial charge is 0.407 e. The van der Waals surface area contributed by atoms with E-state index < -0.39 is 24.1 Å². The van der Waals surface area contributed by atoms with Crippen LogP contribution in [0.15, 0.2) is 41.8 Å². The lowest BCUT2D eigenvalue weighted by Crippen LogP contribution is -2.54. The van der Waals surface area contributed by atoms with Crippen molar-refractivity contribution < 1.29 is 24.2 Å². The van der Waals surface area contributed by atoms with Gasteiger partial charge in [0, 0.05) is 29.9 Å². The molecule has 5 rings (SSSR count). The van der Waals surface area contributed by atoms with Crippen LogP contribution < -0.4 is 10.6 Å². The second kappa shape index (κ2) is 12.2. The summed E-state index contributed by atoms with van der Waals surface area (Å²) in [4.78, 5) is 45.6. The summed E-state index contributed by atoms with van der Waals surface area (Å²) in [5.74, 6) is -0.303. The Kier molecular flexibility index (Phi) is 8.54. The molecule has 2 unspecified atom stereocenters. The monoisotopic (exact) mass is 564 g/mol. The maximum Gasteiger partial charge on any atom is 0.407 e. The highest BCUT2D eigenvalue weighted by Gasteiger charge is 2.40. The van der Waals surface area contributed by atoms with Crippen LogP contribution in [0.2, 0.25) is 0 Å².